The van der Waals surface area contributed by atoms with Crippen molar-refractivity contribution in [3.63, 3.8) is 0 Å². The Labute approximate surface area is 111 Å². The molecular formula is C14H28N4. The Morgan fingerprint density at radius 3 is 2.50 bits per heavy atom. The van der Waals surface area contributed by atoms with Gasteiger partial charge in [0.05, 0.1) is 12.2 Å². The number of hydrogen-bond acceptors (Lipinski definition) is 3. The molecule has 1 aromatic heterocycles. The standard InChI is InChI=1S/C14H28N4/c1-6-14-12(2)16-18(13(14)3)11-9-15-8-7-10-17(4)5/h15H,6-11H2,1-5H3. The number of nitrogens with one attached hydrogen (secondary N) is 1. The molecule has 0 amide bonds. The molecule has 4 nitrogen and oxygen atoms in total. The second kappa shape index (κ2) is 7.54. The predicted octanol–water partition coefficient (Wildman–Crippen LogP) is 1.60. The fourth-order valence-corrected chi connectivity index (χ4v) is 2.29. The van der Waals surface area contributed by atoms with Crippen LogP contribution in [0, 0.1) is 13.8 Å². The first-order valence-electron chi connectivity index (χ1n) is 6.94. The number of hydrogen-bond donors (Lipinski definition) is 1. The molecule has 0 saturated heterocycles. The van der Waals surface area contributed by atoms with Crippen LogP contribution in [0.5, 0.6) is 0 Å². The average Bonchev–Trinajstić information content (AvgIpc) is 2.58. The lowest BCUT2D eigenvalue weighted by Crippen LogP contribution is -2.25. The molecule has 0 saturated carbocycles. The van der Waals surface area contributed by atoms with Crippen LogP contribution < -0.4 is 5.32 Å². The van der Waals surface area contributed by atoms with Crippen molar-refractivity contribution in [3.8, 4) is 0 Å². The van der Waals surface area contributed by atoms with Crippen LogP contribution in [0.3, 0.4) is 0 Å². The first-order chi connectivity index (χ1) is 8.56. The Morgan fingerprint density at radius 1 is 1.22 bits per heavy atom. The third-order valence-electron chi connectivity index (χ3n) is 3.34. The minimum atomic E-state index is 0.967. The van der Waals surface area contributed by atoms with E-state index in [1.807, 2.05) is 0 Å². The van der Waals surface area contributed by atoms with Crippen molar-refractivity contribution >= 4 is 0 Å². The predicted molar refractivity (Wildman–Crippen MR) is 77.1 cm³/mol. The number of aromatic nitrogens is 2. The summed E-state index contributed by atoms with van der Waals surface area (Å²) in [5, 5.41) is 8.07. The topological polar surface area (TPSA) is 33.1 Å². The van der Waals surface area contributed by atoms with Crippen LogP contribution in [0.15, 0.2) is 0 Å². The van der Waals surface area contributed by atoms with E-state index >= 15 is 0 Å². The first-order valence-corrected chi connectivity index (χ1v) is 6.94. The van der Waals surface area contributed by atoms with Crippen LogP contribution in [-0.2, 0) is 13.0 Å². The fraction of sp³-hybridized carbons (Fsp3) is 0.786. The summed E-state index contributed by atoms with van der Waals surface area (Å²) in [7, 11) is 4.23. The van der Waals surface area contributed by atoms with Crippen molar-refractivity contribution in [2.45, 2.75) is 40.2 Å². The van der Waals surface area contributed by atoms with Crippen LogP contribution >= 0.6 is 0 Å². The monoisotopic (exact) mass is 252 g/mol. The van der Waals surface area contributed by atoms with Gasteiger partial charge in [0.2, 0.25) is 0 Å². The Balaban J connectivity index is 2.27. The smallest absolute Gasteiger partial charge is 0.0628 e. The average molecular weight is 252 g/mol. The quantitative estimate of drug-likeness (QED) is 0.714. The molecule has 0 unspecified atom stereocenters. The van der Waals surface area contributed by atoms with Gasteiger partial charge >= 0.3 is 0 Å². The summed E-state index contributed by atoms with van der Waals surface area (Å²) in [6.07, 6.45) is 2.28. The Bertz CT molecular complexity index is 355. The molecule has 0 aliphatic carbocycles. The van der Waals surface area contributed by atoms with Crippen molar-refractivity contribution in [1.82, 2.24) is 20.0 Å². The van der Waals surface area contributed by atoms with Gasteiger partial charge in [0.25, 0.3) is 0 Å². The third-order valence-corrected chi connectivity index (χ3v) is 3.34. The molecule has 0 aromatic carbocycles. The molecule has 104 valence electrons. The minimum absolute atomic E-state index is 0.967. The van der Waals surface area contributed by atoms with E-state index in [9.17, 15) is 0 Å². The Hall–Kier alpha value is -0.870. The molecule has 0 aliphatic heterocycles. The van der Waals surface area contributed by atoms with Gasteiger partial charge in [0.15, 0.2) is 0 Å². The summed E-state index contributed by atoms with van der Waals surface area (Å²) in [4.78, 5) is 2.22. The zero-order valence-electron chi connectivity index (χ0n) is 12.6. The number of rotatable bonds is 8. The molecule has 18 heavy (non-hydrogen) atoms. The zero-order chi connectivity index (χ0) is 13.5. The number of nitrogens with zero attached hydrogens (tertiary/aromatic N) is 3. The second-order valence-corrected chi connectivity index (χ2v) is 5.13. The van der Waals surface area contributed by atoms with Crippen LogP contribution in [-0.4, -0.2) is 48.4 Å². The molecule has 0 radical (unpaired) electrons. The van der Waals surface area contributed by atoms with Gasteiger partial charge in [-0.1, -0.05) is 6.92 Å². The summed E-state index contributed by atoms with van der Waals surface area (Å²) in [5.74, 6) is 0. The Kier molecular flexibility index (Phi) is 6.36. The maximum Gasteiger partial charge on any atom is 0.0628 e. The van der Waals surface area contributed by atoms with Crippen LogP contribution in [0.4, 0.5) is 0 Å². The number of aryl methyl sites for hydroxylation is 1. The lowest BCUT2D eigenvalue weighted by Gasteiger charge is -2.10. The fourth-order valence-electron chi connectivity index (χ4n) is 2.29. The highest BCUT2D eigenvalue weighted by molar-refractivity contribution is 5.24. The molecule has 1 N–H and O–H groups in total. The van der Waals surface area contributed by atoms with Crippen molar-refractivity contribution < 1.29 is 0 Å². The van der Waals surface area contributed by atoms with E-state index in [4.69, 9.17) is 0 Å². The van der Waals surface area contributed by atoms with Crippen molar-refractivity contribution in [2.24, 2.45) is 0 Å². The van der Waals surface area contributed by atoms with Crippen LogP contribution in [0.2, 0.25) is 0 Å². The van der Waals surface area contributed by atoms with Crippen LogP contribution in [0.1, 0.15) is 30.3 Å². The highest BCUT2D eigenvalue weighted by Crippen LogP contribution is 2.12. The van der Waals surface area contributed by atoms with Crippen LogP contribution in [0.25, 0.3) is 0 Å². The van der Waals surface area contributed by atoms with Crippen molar-refractivity contribution in [1.29, 1.82) is 0 Å². The molecule has 1 aromatic rings. The largest absolute Gasteiger partial charge is 0.315 e. The molecule has 0 aliphatic rings. The maximum atomic E-state index is 4.60. The highest BCUT2D eigenvalue weighted by atomic mass is 15.3. The molecule has 0 bridgehead atoms. The van der Waals surface area contributed by atoms with E-state index in [2.05, 4.69) is 54.9 Å². The van der Waals surface area contributed by atoms with Gasteiger partial charge in [0.1, 0.15) is 0 Å². The molecular weight excluding hydrogens is 224 g/mol. The summed E-state index contributed by atoms with van der Waals surface area (Å²) < 4.78 is 2.13. The van der Waals surface area contributed by atoms with Gasteiger partial charge in [-0.25, -0.2) is 0 Å². The lowest BCUT2D eigenvalue weighted by molar-refractivity contribution is 0.392. The van der Waals surface area contributed by atoms with E-state index in [-0.39, 0.29) is 0 Å². The van der Waals surface area contributed by atoms with Gasteiger partial charge in [-0.2, -0.15) is 5.10 Å². The molecule has 0 atom stereocenters. The summed E-state index contributed by atoms with van der Waals surface area (Å²) in [5.41, 5.74) is 3.91. The van der Waals surface area contributed by atoms with Gasteiger partial charge in [-0.3, -0.25) is 4.68 Å². The van der Waals surface area contributed by atoms with Crippen molar-refractivity contribution in [2.75, 3.05) is 33.7 Å². The van der Waals surface area contributed by atoms with Gasteiger partial charge in [-0.15, -0.1) is 0 Å². The summed E-state index contributed by atoms with van der Waals surface area (Å²) in [6.45, 7) is 10.7. The molecule has 0 spiro atoms. The van der Waals surface area contributed by atoms with E-state index in [1.165, 1.54) is 23.4 Å². The zero-order valence-corrected chi connectivity index (χ0v) is 12.6. The van der Waals surface area contributed by atoms with E-state index in [0.717, 1.165) is 32.6 Å². The molecule has 0 fully saturated rings. The molecule has 1 rings (SSSR count). The third kappa shape index (κ3) is 4.42. The summed E-state index contributed by atoms with van der Waals surface area (Å²) >= 11 is 0. The maximum absolute atomic E-state index is 4.60. The van der Waals surface area contributed by atoms with E-state index < -0.39 is 0 Å². The van der Waals surface area contributed by atoms with Gasteiger partial charge < -0.3 is 10.2 Å². The molecule has 4 heteroatoms. The Morgan fingerprint density at radius 2 is 1.94 bits per heavy atom. The van der Waals surface area contributed by atoms with Gasteiger partial charge in [0, 0.05) is 12.2 Å². The van der Waals surface area contributed by atoms with Crippen molar-refractivity contribution in [3.05, 3.63) is 17.0 Å². The first kappa shape index (κ1) is 15.2. The highest BCUT2D eigenvalue weighted by Gasteiger charge is 2.08. The minimum Gasteiger partial charge on any atom is -0.315 e. The lowest BCUT2D eigenvalue weighted by atomic mass is 10.1. The van der Waals surface area contributed by atoms with E-state index in [1.54, 1.807) is 0 Å². The molecule has 1 heterocycles. The van der Waals surface area contributed by atoms with E-state index in [0.29, 0.717) is 0 Å². The summed E-state index contributed by atoms with van der Waals surface area (Å²) in [6, 6.07) is 0. The normalized spacial score (nSPS) is 11.4. The SMILES string of the molecule is CCc1c(C)nn(CCNCCCN(C)C)c1C. The second-order valence-electron chi connectivity index (χ2n) is 5.13. The van der Waals surface area contributed by atoms with Gasteiger partial charge in [-0.05, 0) is 59.4 Å².